The van der Waals surface area contributed by atoms with Gasteiger partial charge in [0, 0.05) is 27.6 Å². The summed E-state index contributed by atoms with van der Waals surface area (Å²) in [6.45, 7) is 0.0421. The molecule has 1 aliphatic rings. The summed E-state index contributed by atoms with van der Waals surface area (Å²) in [4.78, 5) is 6.60. The lowest BCUT2D eigenvalue weighted by atomic mass is 10.1. The van der Waals surface area contributed by atoms with Crippen LogP contribution in [0.3, 0.4) is 0 Å². The van der Waals surface area contributed by atoms with E-state index in [0.717, 1.165) is 11.8 Å². The van der Waals surface area contributed by atoms with E-state index in [1.807, 2.05) is 17.0 Å². The minimum Gasteiger partial charge on any atom is -0.488 e. The highest BCUT2D eigenvalue weighted by Gasteiger charge is 2.39. The number of aliphatic imine (C=N–C) groups is 1. The molecule has 0 aromatic heterocycles. The molecule has 3 aromatic carbocycles. The van der Waals surface area contributed by atoms with Gasteiger partial charge in [0.25, 0.3) is 0 Å². The molecular weight excluding hydrogens is 471 g/mol. The summed E-state index contributed by atoms with van der Waals surface area (Å²) in [7, 11) is -3.32. The molecule has 0 saturated carbocycles. The van der Waals surface area contributed by atoms with E-state index in [1.165, 1.54) is 12.1 Å². The molecule has 0 saturated heterocycles. The first-order valence-corrected chi connectivity index (χ1v) is 12.3. The molecule has 1 aliphatic heterocycles. The largest absolute Gasteiger partial charge is 0.488 e. The molecule has 0 bridgehead atoms. The van der Waals surface area contributed by atoms with Crippen LogP contribution in [0.4, 0.5) is 5.69 Å². The van der Waals surface area contributed by atoms with Crippen LogP contribution in [0.25, 0.3) is 0 Å². The second-order valence-corrected chi connectivity index (χ2v) is 10.4. The van der Waals surface area contributed by atoms with Gasteiger partial charge in [-0.3, -0.25) is 0 Å². The molecule has 3 aromatic rings. The summed E-state index contributed by atoms with van der Waals surface area (Å²) >= 11 is 11.9. The van der Waals surface area contributed by atoms with Crippen molar-refractivity contribution in [3.8, 4) is 5.75 Å². The number of ether oxygens (including phenoxy) is 1. The highest BCUT2D eigenvalue weighted by atomic mass is 35.5. The van der Waals surface area contributed by atoms with Crippen molar-refractivity contribution in [3.05, 3.63) is 88.4 Å². The van der Waals surface area contributed by atoms with Gasteiger partial charge in [-0.2, -0.15) is 0 Å². The molecule has 0 spiro atoms. The number of benzene rings is 3. The van der Waals surface area contributed by atoms with Gasteiger partial charge in [-0.1, -0.05) is 23.2 Å². The molecule has 4 rings (SSSR count). The van der Waals surface area contributed by atoms with Crippen LogP contribution in [0.15, 0.2) is 82.7 Å². The van der Waals surface area contributed by atoms with Crippen LogP contribution >= 0.6 is 23.2 Å². The first-order valence-electron chi connectivity index (χ1n) is 9.67. The van der Waals surface area contributed by atoms with Crippen LogP contribution in [0.1, 0.15) is 5.56 Å². The van der Waals surface area contributed by atoms with E-state index in [-0.39, 0.29) is 18.0 Å². The van der Waals surface area contributed by atoms with Gasteiger partial charge >= 0.3 is 0 Å². The average Bonchev–Trinajstić information content (AvgIpc) is 3.11. The quantitative estimate of drug-likeness (QED) is 0.552. The molecule has 6 nitrogen and oxygen atoms in total. The third kappa shape index (κ3) is 5.07. The van der Waals surface area contributed by atoms with Gasteiger partial charge in [0.2, 0.25) is 5.72 Å². The van der Waals surface area contributed by atoms with Crippen molar-refractivity contribution in [2.45, 2.75) is 10.6 Å². The predicted octanol–water partition coefficient (Wildman–Crippen LogP) is 4.43. The molecule has 0 fully saturated rings. The molecule has 0 aliphatic carbocycles. The van der Waals surface area contributed by atoms with E-state index in [1.54, 1.807) is 48.5 Å². The summed E-state index contributed by atoms with van der Waals surface area (Å²) in [5, 5.41) is 12.4. The van der Waals surface area contributed by atoms with Gasteiger partial charge in [-0.05, 0) is 72.8 Å². The third-order valence-corrected chi connectivity index (χ3v) is 6.58. The second-order valence-electron chi connectivity index (χ2n) is 7.52. The molecule has 166 valence electrons. The molecule has 9 heteroatoms. The SMILES string of the molecule is CS(=O)(=O)c1ccc(N2CC(O)(COc3ccc(Cl)cc3)N=C2c2ccc(Cl)cc2)cc1. The minimum atomic E-state index is -3.32. The van der Waals surface area contributed by atoms with Gasteiger partial charge in [0.15, 0.2) is 9.84 Å². The predicted molar refractivity (Wildman–Crippen MR) is 127 cm³/mol. The Morgan fingerprint density at radius 2 is 1.53 bits per heavy atom. The average molecular weight is 491 g/mol. The molecule has 1 unspecified atom stereocenters. The number of β-amino-alcohol motifs (C(OH)–C–C–N with tert-alkyl or cyclic N) is 1. The lowest BCUT2D eigenvalue weighted by molar-refractivity contribution is 0.0178. The standard InChI is InChI=1S/C23H20Cl2N2O4S/c1-32(29,30)21-12-8-19(9-13-21)27-14-23(28,15-31-20-10-6-18(25)7-11-20)26-22(27)16-2-4-17(24)5-3-16/h2-13,28H,14-15H2,1H3. The monoisotopic (exact) mass is 490 g/mol. The van der Waals surface area contributed by atoms with E-state index in [2.05, 4.69) is 4.99 Å². The fourth-order valence-electron chi connectivity index (χ4n) is 3.33. The van der Waals surface area contributed by atoms with Crippen molar-refractivity contribution in [1.82, 2.24) is 0 Å². The van der Waals surface area contributed by atoms with Gasteiger partial charge in [-0.15, -0.1) is 0 Å². The van der Waals surface area contributed by atoms with E-state index in [9.17, 15) is 13.5 Å². The van der Waals surface area contributed by atoms with Crippen LogP contribution in [-0.2, 0) is 9.84 Å². The van der Waals surface area contributed by atoms with Crippen LogP contribution in [-0.4, -0.2) is 44.5 Å². The summed E-state index contributed by atoms with van der Waals surface area (Å²) < 4.78 is 29.4. The van der Waals surface area contributed by atoms with Gasteiger partial charge < -0.3 is 14.7 Å². The third-order valence-electron chi connectivity index (χ3n) is 4.94. The molecule has 1 atom stereocenters. The normalized spacial score (nSPS) is 18.5. The lowest BCUT2D eigenvalue weighted by Gasteiger charge is -2.24. The number of anilines is 1. The lowest BCUT2D eigenvalue weighted by Crippen LogP contribution is -2.40. The Kier molecular flexibility index (Phi) is 6.18. The van der Waals surface area contributed by atoms with Gasteiger partial charge in [-0.25, -0.2) is 13.4 Å². The van der Waals surface area contributed by atoms with Crippen LogP contribution in [0.2, 0.25) is 10.0 Å². The zero-order valence-electron chi connectivity index (χ0n) is 17.1. The fourth-order valence-corrected chi connectivity index (χ4v) is 4.22. The van der Waals surface area contributed by atoms with E-state index in [0.29, 0.717) is 27.3 Å². The summed E-state index contributed by atoms with van der Waals surface area (Å²) in [6, 6.07) is 20.4. The Bertz CT molecular complexity index is 1240. The summed E-state index contributed by atoms with van der Waals surface area (Å²) in [5.41, 5.74) is -0.0815. The van der Waals surface area contributed by atoms with Crippen molar-refractivity contribution in [2.24, 2.45) is 4.99 Å². The Labute approximate surface area is 196 Å². The second kappa shape index (κ2) is 8.75. The number of halogens is 2. The van der Waals surface area contributed by atoms with Crippen molar-refractivity contribution < 1.29 is 18.3 Å². The molecule has 1 heterocycles. The van der Waals surface area contributed by atoms with E-state index >= 15 is 0 Å². The Morgan fingerprint density at radius 3 is 2.09 bits per heavy atom. The zero-order chi connectivity index (χ0) is 22.9. The van der Waals surface area contributed by atoms with E-state index in [4.69, 9.17) is 27.9 Å². The molecule has 32 heavy (non-hydrogen) atoms. The van der Waals surface area contributed by atoms with Gasteiger partial charge in [0.1, 0.15) is 18.2 Å². The number of rotatable bonds is 6. The van der Waals surface area contributed by atoms with Crippen molar-refractivity contribution in [3.63, 3.8) is 0 Å². The first-order chi connectivity index (χ1) is 15.1. The van der Waals surface area contributed by atoms with Crippen molar-refractivity contribution in [1.29, 1.82) is 0 Å². The maximum atomic E-state index is 11.8. The smallest absolute Gasteiger partial charge is 0.210 e. The molecule has 1 N–H and O–H groups in total. The number of aliphatic hydroxyl groups is 1. The number of hydrogen-bond acceptors (Lipinski definition) is 6. The maximum Gasteiger partial charge on any atom is 0.210 e. The molecular formula is C23H20Cl2N2O4S. The van der Waals surface area contributed by atoms with Gasteiger partial charge in [0.05, 0.1) is 11.4 Å². The first kappa shape index (κ1) is 22.6. The fraction of sp³-hybridized carbons (Fsp3) is 0.174. The van der Waals surface area contributed by atoms with Crippen LogP contribution < -0.4 is 9.64 Å². The number of nitrogens with zero attached hydrogens (tertiary/aromatic N) is 2. The highest BCUT2D eigenvalue weighted by molar-refractivity contribution is 7.90. The Morgan fingerprint density at radius 1 is 0.969 bits per heavy atom. The minimum absolute atomic E-state index is 0.0797. The maximum absolute atomic E-state index is 11.8. The highest BCUT2D eigenvalue weighted by Crippen LogP contribution is 2.30. The number of hydrogen-bond donors (Lipinski definition) is 1. The van der Waals surface area contributed by atoms with E-state index < -0.39 is 15.6 Å². The van der Waals surface area contributed by atoms with Crippen molar-refractivity contribution >= 4 is 44.6 Å². The Balaban J connectivity index is 1.65. The number of amidine groups is 1. The topological polar surface area (TPSA) is 79.2 Å². The molecule has 0 amide bonds. The van der Waals surface area contributed by atoms with Crippen LogP contribution in [0.5, 0.6) is 5.75 Å². The summed E-state index contributed by atoms with van der Waals surface area (Å²) in [6.07, 6.45) is 1.16. The number of sulfone groups is 1. The van der Waals surface area contributed by atoms with Crippen molar-refractivity contribution in [2.75, 3.05) is 24.3 Å². The zero-order valence-corrected chi connectivity index (χ0v) is 19.4. The van der Waals surface area contributed by atoms with Crippen LogP contribution in [0, 0.1) is 0 Å². The Hall–Kier alpha value is -2.58. The molecule has 0 radical (unpaired) electrons. The summed E-state index contributed by atoms with van der Waals surface area (Å²) in [5.74, 6) is 1.08.